The summed E-state index contributed by atoms with van der Waals surface area (Å²) < 4.78 is 1.23. The number of rotatable bonds is 1. The molecular weight excluding hydrogens is 249 g/mol. The van der Waals surface area contributed by atoms with Gasteiger partial charge in [0.05, 0.1) is 0 Å². The Bertz CT molecular complexity index is 250. The van der Waals surface area contributed by atoms with Gasteiger partial charge in [-0.15, -0.1) is 0 Å². The Morgan fingerprint density at radius 1 is 1.36 bits per heavy atom. The Morgan fingerprint density at radius 3 is 2.36 bits per heavy atom. The second-order valence-corrected chi connectivity index (χ2v) is 4.48. The van der Waals surface area contributed by atoms with Crippen molar-refractivity contribution >= 4 is 22.6 Å². The van der Waals surface area contributed by atoms with E-state index in [9.17, 15) is 0 Å². The van der Waals surface area contributed by atoms with Crippen LogP contribution in [0.1, 0.15) is 19.4 Å². The largest absolute Gasteiger partial charge is 0.322 e. The third-order valence-electron chi connectivity index (χ3n) is 1.57. The fourth-order valence-electron chi connectivity index (χ4n) is 0.889. The predicted molar refractivity (Wildman–Crippen MR) is 56.4 cm³/mol. The Balaban J connectivity index is 3.06. The average molecular weight is 261 g/mol. The minimum atomic E-state index is -0.221. The van der Waals surface area contributed by atoms with E-state index in [0.717, 1.165) is 0 Å². The normalized spacial score (nSPS) is 11.6. The highest BCUT2D eigenvalue weighted by Gasteiger charge is 2.12. The quantitative estimate of drug-likeness (QED) is 0.772. The molecule has 0 atom stereocenters. The number of benzene rings is 1. The van der Waals surface area contributed by atoms with Gasteiger partial charge in [0.25, 0.3) is 0 Å². The lowest BCUT2D eigenvalue weighted by Crippen LogP contribution is -2.28. The molecule has 0 aliphatic heterocycles. The minimum absolute atomic E-state index is 0.221. The molecule has 2 heteroatoms. The maximum Gasteiger partial charge on any atom is 0.0352 e. The molecule has 0 radical (unpaired) electrons. The van der Waals surface area contributed by atoms with E-state index in [1.165, 1.54) is 9.13 Å². The van der Waals surface area contributed by atoms with Gasteiger partial charge in [0.1, 0.15) is 0 Å². The highest BCUT2D eigenvalue weighted by molar-refractivity contribution is 14.1. The van der Waals surface area contributed by atoms with Crippen molar-refractivity contribution in [1.82, 2.24) is 0 Å². The van der Waals surface area contributed by atoms with Crippen molar-refractivity contribution in [2.24, 2.45) is 5.73 Å². The molecule has 60 valence electrons. The van der Waals surface area contributed by atoms with Crippen molar-refractivity contribution in [2.75, 3.05) is 0 Å². The van der Waals surface area contributed by atoms with Crippen LogP contribution in [0.2, 0.25) is 0 Å². The monoisotopic (exact) mass is 261 g/mol. The first-order chi connectivity index (χ1) is 5.00. The molecule has 1 aromatic carbocycles. The van der Waals surface area contributed by atoms with Crippen molar-refractivity contribution in [3.8, 4) is 0 Å². The van der Waals surface area contributed by atoms with Crippen molar-refractivity contribution in [3.05, 3.63) is 33.4 Å². The fourth-order valence-corrected chi connectivity index (χ4v) is 1.43. The lowest BCUT2D eigenvalue weighted by molar-refractivity contribution is 0.554. The van der Waals surface area contributed by atoms with Crippen LogP contribution in [0.25, 0.3) is 0 Å². The molecule has 1 rings (SSSR count). The zero-order valence-corrected chi connectivity index (χ0v) is 8.92. The molecule has 0 heterocycles. The van der Waals surface area contributed by atoms with Crippen LogP contribution < -0.4 is 5.73 Å². The highest BCUT2D eigenvalue weighted by Crippen LogP contribution is 2.18. The standard InChI is InChI=1S/C9H12IN/c1-9(2,11)7-4-3-5-8(10)6-7/h3-6H,11H2,1-2H3. The summed E-state index contributed by atoms with van der Waals surface area (Å²) in [7, 11) is 0. The number of hydrogen-bond acceptors (Lipinski definition) is 1. The smallest absolute Gasteiger partial charge is 0.0352 e. The molecule has 0 saturated carbocycles. The summed E-state index contributed by atoms with van der Waals surface area (Å²) in [5.74, 6) is 0. The van der Waals surface area contributed by atoms with Crippen LogP contribution in [0, 0.1) is 3.57 Å². The van der Waals surface area contributed by atoms with E-state index in [1.54, 1.807) is 0 Å². The molecule has 1 nitrogen and oxygen atoms in total. The summed E-state index contributed by atoms with van der Waals surface area (Å²) in [6, 6.07) is 8.27. The molecule has 0 aliphatic rings. The van der Waals surface area contributed by atoms with Gasteiger partial charge >= 0.3 is 0 Å². The molecule has 0 amide bonds. The summed E-state index contributed by atoms with van der Waals surface area (Å²) in [5.41, 5.74) is 6.89. The first-order valence-electron chi connectivity index (χ1n) is 3.55. The predicted octanol–water partition coefficient (Wildman–Crippen LogP) is 2.49. The maximum atomic E-state index is 5.92. The van der Waals surface area contributed by atoms with Crippen LogP contribution in [0.15, 0.2) is 24.3 Å². The van der Waals surface area contributed by atoms with Crippen LogP contribution in [-0.2, 0) is 5.54 Å². The molecule has 1 aromatic rings. The number of hydrogen-bond donors (Lipinski definition) is 1. The molecule has 11 heavy (non-hydrogen) atoms. The SMILES string of the molecule is CC(C)(N)c1cccc(I)c1. The van der Waals surface area contributed by atoms with E-state index < -0.39 is 0 Å². The molecular formula is C9H12IN. The summed E-state index contributed by atoms with van der Waals surface area (Å²) >= 11 is 2.29. The third kappa shape index (κ3) is 2.45. The fraction of sp³-hybridized carbons (Fsp3) is 0.333. The van der Waals surface area contributed by atoms with E-state index in [-0.39, 0.29) is 5.54 Å². The van der Waals surface area contributed by atoms with E-state index in [1.807, 2.05) is 19.9 Å². The van der Waals surface area contributed by atoms with Crippen molar-refractivity contribution in [3.63, 3.8) is 0 Å². The second-order valence-electron chi connectivity index (χ2n) is 3.23. The summed E-state index contributed by atoms with van der Waals surface area (Å²) in [4.78, 5) is 0. The second kappa shape index (κ2) is 3.11. The molecule has 0 fully saturated rings. The summed E-state index contributed by atoms with van der Waals surface area (Å²) in [6.07, 6.45) is 0. The lowest BCUT2D eigenvalue weighted by Gasteiger charge is -2.18. The van der Waals surface area contributed by atoms with Crippen LogP contribution in [0.4, 0.5) is 0 Å². The van der Waals surface area contributed by atoms with Crippen LogP contribution in [0.5, 0.6) is 0 Å². The number of halogens is 1. The third-order valence-corrected chi connectivity index (χ3v) is 2.24. The lowest BCUT2D eigenvalue weighted by atomic mass is 9.96. The average Bonchev–Trinajstić information content (AvgIpc) is 1.86. The maximum absolute atomic E-state index is 5.92. The van der Waals surface area contributed by atoms with E-state index >= 15 is 0 Å². The van der Waals surface area contributed by atoms with Gasteiger partial charge in [0.15, 0.2) is 0 Å². The van der Waals surface area contributed by atoms with Gasteiger partial charge in [-0.05, 0) is 54.1 Å². The van der Waals surface area contributed by atoms with Gasteiger partial charge in [-0.25, -0.2) is 0 Å². The van der Waals surface area contributed by atoms with Crippen LogP contribution >= 0.6 is 22.6 Å². The topological polar surface area (TPSA) is 26.0 Å². The Hall–Kier alpha value is -0.0900. The summed E-state index contributed by atoms with van der Waals surface area (Å²) in [6.45, 7) is 4.02. The Morgan fingerprint density at radius 2 is 2.00 bits per heavy atom. The summed E-state index contributed by atoms with van der Waals surface area (Å²) in [5, 5.41) is 0. The zero-order chi connectivity index (χ0) is 8.48. The van der Waals surface area contributed by atoms with E-state index in [2.05, 4.69) is 40.8 Å². The van der Waals surface area contributed by atoms with Crippen LogP contribution in [-0.4, -0.2) is 0 Å². The van der Waals surface area contributed by atoms with Gasteiger partial charge in [0.2, 0.25) is 0 Å². The Kier molecular flexibility index (Phi) is 2.54. The van der Waals surface area contributed by atoms with Gasteiger partial charge < -0.3 is 5.73 Å². The molecule has 0 unspecified atom stereocenters. The molecule has 0 aliphatic carbocycles. The van der Waals surface area contributed by atoms with Crippen molar-refractivity contribution in [1.29, 1.82) is 0 Å². The highest BCUT2D eigenvalue weighted by atomic mass is 127. The molecule has 0 bridgehead atoms. The molecule has 0 spiro atoms. The number of nitrogens with two attached hydrogens (primary N) is 1. The minimum Gasteiger partial charge on any atom is -0.322 e. The van der Waals surface area contributed by atoms with E-state index in [4.69, 9.17) is 5.73 Å². The van der Waals surface area contributed by atoms with Gasteiger partial charge in [-0.3, -0.25) is 0 Å². The van der Waals surface area contributed by atoms with Crippen LogP contribution in [0.3, 0.4) is 0 Å². The zero-order valence-electron chi connectivity index (χ0n) is 6.76. The first kappa shape index (κ1) is 9.00. The Labute approximate surface area is 81.1 Å². The van der Waals surface area contributed by atoms with Gasteiger partial charge in [-0.1, -0.05) is 12.1 Å². The van der Waals surface area contributed by atoms with E-state index in [0.29, 0.717) is 0 Å². The van der Waals surface area contributed by atoms with Gasteiger partial charge in [-0.2, -0.15) is 0 Å². The first-order valence-corrected chi connectivity index (χ1v) is 4.63. The van der Waals surface area contributed by atoms with Gasteiger partial charge in [0, 0.05) is 9.11 Å². The molecule has 2 N–H and O–H groups in total. The van der Waals surface area contributed by atoms with Crippen molar-refractivity contribution in [2.45, 2.75) is 19.4 Å². The molecule has 0 aromatic heterocycles. The molecule has 0 saturated heterocycles. The van der Waals surface area contributed by atoms with Crippen molar-refractivity contribution < 1.29 is 0 Å².